The van der Waals surface area contributed by atoms with Gasteiger partial charge in [0.1, 0.15) is 0 Å². The minimum absolute atomic E-state index is 0.0749. The number of amides is 1. The van der Waals surface area contributed by atoms with E-state index in [4.69, 9.17) is 0 Å². The van der Waals surface area contributed by atoms with E-state index in [1.807, 2.05) is 4.90 Å². The van der Waals surface area contributed by atoms with Gasteiger partial charge >= 0.3 is 0 Å². The molecule has 1 saturated carbocycles. The SMILES string of the molecule is O=C(C1CN(S(=O)(=O)C2CC2)C1)N1CCN(c2ncccn2)CC1. The number of rotatable bonds is 4. The molecular formula is C15H21N5O3S. The monoisotopic (exact) mass is 351 g/mol. The highest BCUT2D eigenvalue weighted by Gasteiger charge is 2.47. The molecule has 3 fully saturated rings. The predicted molar refractivity (Wildman–Crippen MR) is 87.8 cm³/mol. The van der Waals surface area contributed by atoms with E-state index in [2.05, 4.69) is 14.9 Å². The molecule has 2 aliphatic heterocycles. The van der Waals surface area contributed by atoms with Crippen molar-refractivity contribution in [1.82, 2.24) is 19.2 Å². The molecule has 1 amide bonds. The van der Waals surface area contributed by atoms with Crippen LogP contribution in [0.4, 0.5) is 5.95 Å². The van der Waals surface area contributed by atoms with Crippen LogP contribution in [0.15, 0.2) is 18.5 Å². The van der Waals surface area contributed by atoms with Crippen LogP contribution in [0.2, 0.25) is 0 Å². The van der Waals surface area contributed by atoms with Crippen LogP contribution in [-0.2, 0) is 14.8 Å². The summed E-state index contributed by atoms with van der Waals surface area (Å²) in [5.74, 6) is 0.582. The second-order valence-corrected chi connectivity index (χ2v) is 8.83. The molecule has 0 N–H and O–H groups in total. The number of carbonyl (C=O) groups is 1. The summed E-state index contributed by atoms with van der Waals surface area (Å²) in [6.07, 6.45) is 4.95. The van der Waals surface area contributed by atoms with E-state index in [9.17, 15) is 13.2 Å². The molecule has 8 nitrogen and oxygen atoms in total. The first-order chi connectivity index (χ1) is 11.6. The molecule has 0 radical (unpaired) electrons. The highest BCUT2D eigenvalue weighted by atomic mass is 32.2. The normalized spacial score (nSPS) is 23.2. The molecule has 24 heavy (non-hydrogen) atoms. The Labute approximate surface area is 141 Å². The summed E-state index contributed by atoms with van der Waals surface area (Å²) < 4.78 is 25.7. The second-order valence-electron chi connectivity index (χ2n) is 6.62. The van der Waals surface area contributed by atoms with Crippen LogP contribution in [0.25, 0.3) is 0 Å². The minimum atomic E-state index is -3.13. The zero-order valence-corrected chi connectivity index (χ0v) is 14.2. The van der Waals surface area contributed by atoms with Crippen LogP contribution in [0, 0.1) is 5.92 Å². The van der Waals surface area contributed by atoms with Gasteiger partial charge in [-0.15, -0.1) is 0 Å². The fraction of sp³-hybridized carbons (Fsp3) is 0.667. The lowest BCUT2D eigenvalue weighted by Crippen LogP contribution is -2.59. The number of hydrogen-bond donors (Lipinski definition) is 0. The van der Waals surface area contributed by atoms with Crippen molar-refractivity contribution in [2.24, 2.45) is 5.92 Å². The first kappa shape index (κ1) is 15.8. The Balaban J connectivity index is 1.28. The Hall–Kier alpha value is -1.74. The number of hydrogen-bond acceptors (Lipinski definition) is 6. The fourth-order valence-corrected chi connectivity index (χ4v) is 5.15. The van der Waals surface area contributed by atoms with Crippen molar-refractivity contribution in [3.63, 3.8) is 0 Å². The molecule has 3 aliphatic rings. The lowest BCUT2D eigenvalue weighted by molar-refractivity contribution is -0.139. The van der Waals surface area contributed by atoms with Crippen LogP contribution < -0.4 is 4.90 Å². The second kappa shape index (κ2) is 5.96. The van der Waals surface area contributed by atoms with Crippen molar-refractivity contribution >= 4 is 21.9 Å². The maximum Gasteiger partial charge on any atom is 0.228 e. The average Bonchev–Trinajstić information content (AvgIpc) is 3.39. The first-order valence-electron chi connectivity index (χ1n) is 8.35. The highest BCUT2D eigenvalue weighted by Crippen LogP contribution is 2.34. The number of piperazine rings is 1. The first-order valence-corrected chi connectivity index (χ1v) is 9.86. The van der Waals surface area contributed by atoms with E-state index in [1.165, 1.54) is 4.31 Å². The van der Waals surface area contributed by atoms with E-state index < -0.39 is 10.0 Å². The molecule has 1 aliphatic carbocycles. The van der Waals surface area contributed by atoms with E-state index in [0.29, 0.717) is 45.2 Å². The molecule has 4 rings (SSSR count). The van der Waals surface area contributed by atoms with Gasteiger partial charge in [-0.05, 0) is 18.9 Å². The summed E-state index contributed by atoms with van der Waals surface area (Å²) >= 11 is 0. The molecule has 9 heteroatoms. The minimum Gasteiger partial charge on any atom is -0.339 e. The molecular weight excluding hydrogens is 330 g/mol. The zero-order valence-electron chi connectivity index (χ0n) is 13.4. The lowest BCUT2D eigenvalue weighted by atomic mass is 10.0. The van der Waals surface area contributed by atoms with Crippen LogP contribution in [0.5, 0.6) is 0 Å². The summed E-state index contributed by atoms with van der Waals surface area (Å²) in [5, 5.41) is -0.192. The van der Waals surface area contributed by atoms with Crippen LogP contribution in [0.1, 0.15) is 12.8 Å². The van der Waals surface area contributed by atoms with Crippen molar-refractivity contribution in [2.75, 3.05) is 44.2 Å². The standard InChI is InChI=1S/C15H21N5O3S/c21-14(12-10-20(11-12)24(22,23)13-2-3-13)18-6-8-19(9-7-18)15-16-4-1-5-17-15/h1,4-5,12-13H,2-3,6-11H2. The number of carbonyl (C=O) groups excluding carboxylic acids is 1. The summed E-state index contributed by atoms with van der Waals surface area (Å²) in [6, 6.07) is 1.78. The zero-order chi connectivity index (χ0) is 16.7. The molecule has 3 heterocycles. The Morgan fingerprint density at radius 3 is 2.25 bits per heavy atom. The van der Waals surface area contributed by atoms with Crippen molar-refractivity contribution in [3.05, 3.63) is 18.5 Å². The Morgan fingerprint density at radius 1 is 1.04 bits per heavy atom. The third-order valence-corrected chi connectivity index (χ3v) is 7.26. The topological polar surface area (TPSA) is 86.7 Å². The van der Waals surface area contributed by atoms with Gasteiger partial charge in [0.15, 0.2) is 0 Å². The summed E-state index contributed by atoms with van der Waals surface area (Å²) in [5.41, 5.74) is 0. The highest BCUT2D eigenvalue weighted by molar-refractivity contribution is 7.90. The Morgan fingerprint density at radius 2 is 1.67 bits per heavy atom. The summed E-state index contributed by atoms with van der Waals surface area (Å²) in [4.78, 5) is 24.9. The molecule has 2 saturated heterocycles. The molecule has 0 atom stereocenters. The Kier molecular flexibility index (Phi) is 3.92. The Bertz CT molecular complexity index is 708. The summed E-state index contributed by atoms with van der Waals surface area (Å²) in [6.45, 7) is 3.35. The number of anilines is 1. The smallest absolute Gasteiger partial charge is 0.228 e. The van der Waals surface area contributed by atoms with Gasteiger partial charge in [0.2, 0.25) is 21.9 Å². The maximum absolute atomic E-state index is 12.5. The van der Waals surface area contributed by atoms with Gasteiger partial charge in [0.25, 0.3) is 0 Å². The van der Waals surface area contributed by atoms with Gasteiger partial charge in [0.05, 0.1) is 11.2 Å². The number of sulfonamides is 1. The van der Waals surface area contributed by atoms with Crippen molar-refractivity contribution < 1.29 is 13.2 Å². The van der Waals surface area contributed by atoms with Crippen molar-refractivity contribution in [2.45, 2.75) is 18.1 Å². The average molecular weight is 351 g/mol. The van der Waals surface area contributed by atoms with Gasteiger partial charge in [-0.25, -0.2) is 18.4 Å². The quantitative estimate of drug-likeness (QED) is 0.730. The largest absolute Gasteiger partial charge is 0.339 e. The van der Waals surface area contributed by atoms with Gasteiger partial charge < -0.3 is 9.80 Å². The molecule has 1 aromatic rings. The molecule has 0 spiro atoms. The van der Waals surface area contributed by atoms with E-state index >= 15 is 0 Å². The number of aromatic nitrogens is 2. The summed E-state index contributed by atoms with van der Waals surface area (Å²) in [7, 11) is -3.13. The fourth-order valence-electron chi connectivity index (χ4n) is 3.22. The van der Waals surface area contributed by atoms with Crippen molar-refractivity contribution in [1.29, 1.82) is 0 Å². The molecule has 0 aromatic carbocycles. The lowest BCUT2D eigenvalue weighted by Gasteiger charge is -2.42. The predicted octanol–water partition coefficient (Wildman–Crippen LogP) is -0.451. The molecule has 0 bridgehead atoms. The van der Waals surface area contributed by atoms with Crippen molar-refractivity contribution in [3.8, 4) is 0 Å². The van der Waals surface area contributed by atoms with Gasteiger partial charge in [-0.2, -0.15) is 4.31 Å². The molecule has 1 aromatic heterocycles. The van der Waals surface area contributed by atoms with Crippen LogP contribution in [-0.4, -0.2) is 78.0 Å². The maximum atomic E-state index is 12.5. The third kappa shape index (κ3) is 2.86. The van der Waals surface area contributed by atoms with Gasteiger partial charge in [-0.3, -0.25) is 4.79 Å². The van der Waals surface area contributed by atoms with Crippen LogP contribution in [0.3, 0.4) is 0 Å². The van der Waals surface area contributed by atoms with E-state index in [1.54, 1.807) is 18.5 Å². The van der Waals surface area contributed by atoms with E-state index in [-0.39, 0.29) is 17.1 Å². The van der Waals surface area contributed by atoms with Crippen LogP contribution >= 0.6 is 0 Å². The third-order valence-electron chi connectivity index (χ3n) is 4.93. The van der Waals surface area contributed by atoms with Gasteiger partial charge in [0, 0.05) is 51.7 Å². The van der Waals surface area contributed by atoms with E-state index in [0.717, 1.165) is 12.8 Å². The molecule has 130 valence electrons. The molecule has 0 unspecified atom stereocenters. The van der Waals surface area contributed by atoms with Gasteiger partial charge in [-0.1, -0.05) is 0 Å². The number of nitrogens with zero attached hydrogens (tertiary/aromatic N) is 5.